The average molecular weight is 376 g/mol. The molecule has 0 radical (unpaired) electrons. The van der Waals surface area contributed by atoms with Gasteiger partial charge >= 0.3 is 5.97 Å². The van der Waals surface area contributed by atoms with E-state index >= 15 is 0 Å². The standard InChI is InChI=1S/C22H20N2O4/c25-19-12-13-22(21(27)28-14-15-6-2-1-3-7-15)23(16-10-11-16)20(26)17-8-4-5-9-18(17)24(19)22/h1-9,16H,10-14H2/t22-/m0/s1. The molecule has 0 spiro atoms. The summed E-state index contributed by atoms with van der Waals surface area (Å²) in [7, 11) is 0. The van der Waals surface area contributed by atoms with Gasteiger partial charge in [0.2, 0.25) is 11.6 Å². The Morgan fingerprint density at radius 3 is 2.50 bits per heavy atom. The smallest absolute Gasteiger partial charge is 0.354 e. The Morgan fingerprint density at radius 1 is 1.04 bits per heavy atom. The molecule has 1 atom stereocenters. The lowest BCUT2D eigenvalue weighted by Crippen LogP contribution is -2.69. The molecular weight excluding hydrogens is 356 g/mol. The maximum atomic E-state index is 13.4. The van der Waals surface area contributed by atoms with E-state index in [0.717, 1.165) is 18.4 Å². The van der Waals surface area contributed by atoms with Gasteiger partial charge in [-0.2, -0.15) is 0 Å². The largest absolute Gasteiger partial charge is 0.458 e. The molecule has 1 saturated carbocycles. The highest BCUT2D eigenvalue weighted by Crippen LogP contribution is 2.49. The van der Waals surface area contributed by atoms with Crippen molar-refractivity contribution in [1.82, 2.24) is 4.90 Å². The summed E-state index contributed by atoms with van der Waals surface area (Å²) < 4.78 is 5.67. The number of carbonyl (C=O) groups is 3. The zero-order valence-electron chi connectivity index (χ0n) is 15.3. The first-order valence-corrected chi connectivity index (χ1v) is 9.60. The van der Waals surface area contributed by atoms with Crippen LogP contribution >= 0.6 is 0 Å². The van der Waals surface area contributed by atoms with Gasteiger partial charge < -0.3 is 9.64 Å². The van der Waals surface area contributed by atoms with Crippen LogP contribution in [0.1, 0.15) is 41.6 Å². The number of amides is 2. The average Bonchev–Trinajstić information content (AvgIpc) is 3.49. The summed E-state index contributed by atoms with van der Waals surface area (Å²) in [6.45, 7) is 0.109. The molecule has 2 aromatic carbocycles. The topological polar surface area (TPSA) is 66.9 Å². The van der Waals surface area contributed by atoms with Gasteiger partial charge in [0.25, 0.3) is 5.91 Å². The van der Waals surface area contributed by atoms with Gasteiger partial charge in [-0.1, -0.05) is 42.5 Å². The van der Waals surface area contributed by atoms with Crippen LogP contribution in [0.4, 0.5) is 5.69 Å². The first-order valence-electron chi connectivity index (χ1n) is 9.60. The van der Waals surface area contributed by atoms with Crippen LogP contribution in [-0.2, 0) is 20.9 Å². The molecule has 2 aliphatic heterocycles. The molecule has 0 bridgehead atoms. The van der Waals surface area contributed by atoms with Crippen molar-refractivity contribution in [3.8, 4) is 0 Å². The lowest BCUT2D eigenvalue weighted by atomic mass is 9.96. The first-order chi connectivity index (χ1) is 13.6. The van der Waals surface area contributed by atoms with Crippen molar-refractivity contribution in [2.75, 3.05) is 4.90 Å². The number of para-hydroxylation sites is 1. The molecular formula is C22H20N2O4. The van der Waals surface area contributed by atoms with E-state index in [4.69, 9.17) is 4.74 Å². The third-order valence-electron chi connectivity index (χ3n) is 5.75. The third kappa shape index (κ3) is 2.37. The predicted octanol–water partition coefficient (Wildman–Crippen LogP) is 2.87. The van der Waals surface area contributed by atoms with E-state index in [2.05, 4.69) is 0 Å². The Bertz CT molecular complexity index is 970. The molecule has 1 saturated heterocycles. The number of rotatable bonds is 4. The summed E-state index contributed by atoms with van der Waals surface area (Å²) in [6.07, 6.45) is 2.15. The molecule has 0 unspecified atom stereocenters. The lowest BCUT2D eigenvalue weighted by molar-refractivity contribution is -0.159. The molecule has 0 aromatic heterocycles. The van der Waals surface area contributed by atoms with Crippen LogP contribution in [0.2, 0.25) is 0 Å². The summed E-state index contributed by atoms with van der Waals surface area (Å²) in [5, 5.41) is 0. The van der Waals surface area contributed by atoms with E-state index in [1.54, 1.807) is 29.2 Å². The number of hydrogen-bond donors (Lipinski definition) is 0. The first kappa shape index (κ1) is 17.0. The SMILES string of the molecule is O=C1CC[C@@]2(C(=O)OCc3ccccc3)N1c1ccccc1C(=O)N2C1CC1. The van der Waals surface area contributed by atoms with E-state index in [-0.39, 0.29) is 37.3 Å². The van der Waals surface area contributed by atoms with Gasteiger partial charge in [0.15, 0.2) is 0 Å². The molecule has 2 aromatic rings. The van der Waals surface area contributed by atoms with Gasteiger partial charge in [-0.05, 0) is 30.5 Å². The van der Waals surface area contributed by atoms with Gasteiger partial charge in [-0.3, -0.25) is 14.5 Å². The van der Waals surface area contributed by atoms with Crippen molar-refractivity contribution in [3.63, 3.8) is 0 Å². The van der Waals surface area contributed by atoms with Crippen LogP contribution in [0.5, 0.6) is 0 Å². The molecule has 2 fully saturated rings. The Balaban J connectivity index is 1.57. The number of nitrogens with zero attached hydrogens (tertiary/aromatic N) is 2. The van der Waals surface area contributed by atoms with E-state index in [0.29, 0.717) is 11.3 Å². The number of esters is 1. The van der Waals surface area contributed by atoms with Gasteiger partial charge in [0.05, 0.1) is 11.3 Å². The molecule has 3 aliphatic rings. The lowest BCUT2D eigenvalue weighted by Gasteiger charge is -2.48. The molecule has 1 aliphatic carbocycles. The summed E-state index contributed by atoms with van der Waals surface area (Å²) in [5.41, 5.74) is 0.460. The zero-order chi connectivity index (χ0) is 19.3. The van der Waals surface area contributed by atoms with Crippen LogP contribution in [0, 0.1) is 0 Å². The van der Waals surface area contributed by atoms with E-state index in [1.807, 2.05) is 30.3 Å². The minimum atomic E-state index is -1.38. The van der Waals surface area contributed by atoms with Crippen LogP contribution in [-0.4, -0.2) is 34.4 Å². The second-order valence-electron chi connectivity index (χ2n) is 7.53. The normalized spacial score (nSPS) is 23.4. The fourth-order valence-electron chi connectivity index (χ4n) is 4.35. The summed E-state index contributed by atoms with van der Waals surface area (Å²) >= 11 is 0. The molecule has 2 amide bonds. The minimum Gasteiger partial charge on any atom is -0.458 e. The maximum absolute atomic E-state index is 13.4. The van der Waals surface area contributed by atoms with Crippen molar-refractivity contribution in [2.24, 2.45) is 0 Å². The molecule has 6 nitrogen and oxygen atoms in total. The second-order valence-corrected chi connectivity index (χ2v) is 7.53. The number of hydrogen-bond acceptors (Lipinski definition) is 4. The maximum Gasteiger partial charge on any atom is 0.354 e. The molecule has 5 rings (SSSR count). The number of fused-ring (bicyclic) bond motifs is 3. The van der Waals surface area contributed by atoms with Crippen molar-refractivity contribution >= 4 is 23.5 Å². The van der Waals surface area contributed by atoms with E-state index in [9.17, 15) is 14.4 Å². The van der Waals surface area contributed by atoms with Gasteiger partial charge in [-0.25, -0.2) is 4.79 Å². The number of benzene rings is 2. The fourth-order valence-corrected chi connectivity index (χ4v) is 4.35. The Morgan fingerprint density at radius 2 is 1.75 bits per heavy atom. The highest BCUT2D eigenvalue weighted by molar-refractivity contribution is 6.15. The Hall–Kier alpha value is -3.15. The molecule has 0 N–H and O–H groups in total. The van der Waals surface area contributed by atoms with Gasteiger partial charge in [0.1, 0.15) is 6.61 Å². The monoisotopic (exact) mass is 376 g/mol. The van der Waals surface area contributed by atoms with Crippen molar-refractivity contribution in [1.29, 1.82) is 0 Å². The molecule has 6 heteroatoms. The van der Waals surface area contributed by atoms with Crippen molar-refractivity contribution in [2.45, 2.75) is 44.0 Å². The number of ether oxygens (including phenoxy) is 1. The highest BCUT2D eigenvalue weighted by Gasteiger charge is 2.64. The van der Waals surface area contributed by atoms with Crippen LogP contribution < -0.4 is 4.90 Å². The van der Waals surface area contributed by atoms with Crippen LogP contribution in [0.25, 0.3) is 0 Å². The van der Waals surface area contributed by atoms with Gasteiger partial charge in [0, 0.05) is 18.9 Å². The highest BCUT2D eigenvalue weighted by atomic mass is 16.5. The predicted molar refractivity (Wildman–Crippen MR) is 101 cm³/mol. The Kier molecular flexibility index (Phi) is 3.75. The zero-order valence-corrected chi connectivity index (χ0v) is 15.3. The number of anilines is 1. The summed E-state index contributed by atoms with van der Waals surface area (Å²) in [5.74, 6) is -0.875. The minimum absolute atomic E-state index is 0.0291. The number of carbonyl (C=O) groups excluding carboxylic acids is 3. The van der Waals surface area contributed by atoms with Crippen molar-refractivity contribution < 1.29 is 19.1 Å². The molecule has 28 heavy (non-hydrogen) atoms. The molecule has 2 heterocycles. The van der Waals surface area contributed by atoms with E-state index < -0.39 is 11.6 Å². The van der Waals surface area contributed by atoms with Gasteiger partial charge in [-0.15, -0.1) is 0 Å². The van der Waals surface area contributed by atoms with Crippen molar-refractivity contribution in [3.05, 3.63) is 65.7 Å². The fraction of sp³-hybridized carbons (Fsp3) is 0.318. The van der Waals surface area contributed by atoms with Crippen LogP contribution in [0.15, 0.2) is 54.6 Å². The second kappa shape index (κ2) is 6.19. The quantitative estimate of drug-likeness (QED) is 0.770. The van der Waals surface area contributed by atoms with Crippen LogP contribution in [0.3, 0.4) is 0 Å². The summed E-state index contributed by atoms with van der Waals surface area (Å²) in [6, 6.07) is 16.4. The molecule has 142 valence electrons. The summed E-state index contributed by atoms with van der Waals surface area (Å²) in [4.78, 5) is 42.7. The third-order valence-corrected chi connectivity index (χ3v) is 5.75. The Labute approximate surface area is 162 Å². The van der Waals surface area contributed by atoms with E-state index in [1.165, 1.54) is 4.90 Å².